The molecule has 0 saturated carbocycles. The van der Waals surface area contributed by atoms with E-state index >= 15 is 0 Å². The molecule has 0 bridgehead atoms. The van der Waals surface area contributed by atoms with E-state index in [1.165, 1.54) is 28.3 Å². The van der Waals surface area contributed by atoms with E-state index in [1.807, 2.05) is 19.1 Å². The predicted molar refractivity (Wildman–Crippen MR) is 117 cm³/mol. The van der Waals surface area contributed by atoms with Crippen molar-refractivity contribution in [2.75, 3.05) is 30.2 Å². The van der Waals surface area contributed by atoms with Crippen LogP contribution in [0.15, 0.2) is 48.5 Å². The lowest BCUT2D eigenvalue weighted by atomic mass is 9.98. The minimum Gasteiger partial charge on any atom is -0.387 e. The number of sulfonamides is 1. The van der Waals surface area contributed by atoms with Gasteiger partial charge in [0.25, 0.3) is 0 Å². The highest BCUT2D eigenvalue weighted by atomic mass is 32.2. The zero-order valence-corrected chi connectivity index (χ0v) is 18.1. The Morgan fingerprint density at radius 2 is 1.93 bits per heavy atom. The molecule has 2 atom stereocenters. The van der Waals surface area contributed by atoms with E-state index in [9.17, 15) is 17.9 Å². The predicted octanol–water partition coefficient (Wildman–Crippen LogP) is 3.36. The number of hydrogen-bond acceptors (Lipinski definition) is 4. The Hall–Kier alpha value is -2.22. The molecule has 0 saturated heterocycles. The van der Waals surface area contributed by atoms with Crippen LogP contribution in [0.4, 0.5) is 10.1 Å². The minimum absolute atomic E-state index is 0.112. The van der Waals surface area contributed by atoms with Crippen molar-refractivity contribution in [3.63, 3.8) is 0 Å². The number of β-amino-alcohol motifs (C(OH)–C–C–N with tert-alkyl or cyclic N) is 1. The molecule has 2 unspecified atom stereocenters. The van der Waals surface area contributed by atoms with Crippen molar-refractivity contribution < 1.29 is 17.9 Å². The summed E-state index contributed by atoms with van der Waals surface area (Å²) in [6.07, 6.45) is 4.22. The van der Waals surface area contributed by atoms with Crippen molar-refractivity contribution in [1.82, 2.24) is 4.90 Å². The molecular formula is C23H27FN2O3S. The van der Waals surface area contributed by atoms with Gasteiger partial charge in [-0.3, -0.25) is 9.21 Å². The third kappa shape index (κ3) is 4.29. The summed E-state index contributed by atoms with van der Waals surface area (Å²) < 4.78 is 38.7. The van der Waals surface area contributed by atoms with E-state index in [4.69, 9.17) is 0 Å². The lowest BCUT2D eigenvalue weighted by Crippen LogP contribution is -2.34. The smallest absolute Gasteiger partial charge is 0.232 e. The van der Waals surface area contributed by atoms with E-state index in [2.05, 4.69) is 11.0 Å². The molecule has 0 aromatic heterocycles. The second kappa shape index (κ2) is 8.13. The van der Waals surface area contributed by atoms with Gasteiger partial charge in [-0.2, -0.15) is 0 Å². The van der Waals surface area contributed by atoms with Gasteiger partial charge in [-0.15, -0.1) is 0 Å². The van der Waals surface area contributed by atoms with Crippen LogP contribution in [0.5, 0.6) is 0 Å². The van der Waals surface area contributed by atoms with Crippen LogP contribution < -0.4 is 4.31 Å². The lowest BCUT2D eigenvalue weighted by molar-refractivity contribution is 0.119. The van der Waals surface area contributed by atoms with Crippen LogP contribution in [0.2, 0.25) is 0 Å². The number of halogens is 1. The third-order valence-corrected chi connectivity index (χ3v) is 7.21. The van der Waals surface area contributed by atoms with E-state index in [0.29, 0.717) is 18.7 Å². The van der Waals surface area contributed by atoms with Crippen LogP contribution in [0, 0.1) is 5.82 Å². The van der Waals surface area contributed by atoms with Crippen molar-refractivity contribution >= 4 is 21.3 Å². The van der Waals surface area contributed by atoms with Crippen LogP contribution in [0.3, 0.4) is 0 Å². The molecule has 2 aliphatic heterocycles. The van der Waals surface area contributed by atoms with E-state index in [1.54, 1.807) is 18.2 Å². The summed E-state index contributed by atoms with van der Waals surface area (Å²) in [5.74, 6) is -0.233. The standard InChI is InChI=1S/C23H27FN2O3S/c1-16-13-20-14-19(5-8-22(20)26(16)30(2,28)29)23(27)15-25-11-9-18(10-12-25)17-3-6-21(24)7-4-17/h3-9,14,16,23,27H,10-13,15H2,1-2H3. The number of hydrogen-bond donors (Lipinski definition) is 1. The van der Waals surface area contributed by atoms with Crippen molar-refractivity contribution in [3.8, 4) is 0 Å². The molecule has 0 radical (unpaired) electrons. The van der Waals surface area contributed by atoms with E-state index in [0.717, 1.165) is 36.2 Å². The molecule has 0 aliphatic carbocycles. The highest BCUT2D eigenvalue weighted by Crippen LogP contribution is 2.36. The average Bonchev–Trinajstić information content (AvgIpc) is 3.04. The Kier molecular flexibility index (Phi) is 5.70. The maximum atomic E-state index is 13.1. The van der Waals surface area contributed by atoms with Crippen LogP contribution in [-0.4, -0.2) is 50.4 Å². The van der Waals surface area contributed by atoms with Gasteiger partial charge in [-0.1, -0.05) is 30.3 Å². The minimum atomic E-state index is -3.32. The molecule has 2 aromatic carbocycles. The fourth-order valence-electron chi connectivity index (χ4n) is 4.49. The van der Waals surface area contributed by atoms with Gasteiger partial charge >= 0.3 is 0 Å². The van der Waals surface area contributed by atoms with Crippen molar-refractivity contribution in [1.29, 1.82) is 0 Å². The third-order valence-electron chi connectivity index (χ3n) is 5.94. The molecule has 0 spiro atoms. The van der Waals surface area contributed by atoms with Gasteiger partial charge in [-0.25, -0.2) is 12.8 Å². The molecular weight excluding hydrogens is 403 g/mol. The average molecular weight is 431 g/mol. The van der Waals surface area contributed by atoms with Crippen molar-refractivity contribution in [2.24, 2.45) is 0 Å². The van der Waals surface area contributed by atoms with Gasteiger partial charge in [0.05, 0.1) is 18.0 Å². The Balaban J connectivity index is 1.42. The number of benzene rings is 2. The SMILES string of the molecule is CC1Cc2cc(C(O)CN3CC=C(c4ccc(F)cc4)CC3)ccc2N1S(C)(=O)=O. The van der Waals surface area contributed by atoms with Gasteiger partial charge in [-0.05, 0) is 60.2 Å². The van der Waals surface area contributed by atoms with Crippen LogP contribution >= 0.6 is 0 Å². The first-order valence-corrected chi connectivity index (χ1v) is 12.0. The van der Waals surface area contributed by atoms with Crippen molar-refractivity contribution in [2.45, 2.75) is 31.9 Å². The number of fused-ring (bicyclic) bond motifs is 1. The maximum absolute atomic E-state index is 13.1. The Morgan fingerprint density at radius 3 is 2.57 bits per heavy atom. The number of anilines is 1. The summed E-state index contributed by atoms with van der Waals surface area (Å²) in [6.45, 7) is 3.96. The first kappa shape index (κ1) is 21.0. The number of rotatable bonds is 5. The molecule has 2 aromatic rings. The maximum Gasteiger partial charge on any atom is 0.232 e. The highest BCUT2D eigenvalue weighted by molar-refractivity contribution is 7.92. The summed E-state index contributed by atoms with van der Waals surface area (Å²) in [6, 6.07) is 12.0. The number of aliphatic hydroxyl groups excluding tert-OH is 1. The van der Waals surface area contributed by atoms with E-state index in [-0.39, 0.29) is 11.9 Å². The van der Waals surface area contributed by atoms with Crippen LogP contribution in [0.1, 0.15) is 36.1 Å². The molecule has 160 valence electrons. The summed E-state index contributed by atoms with van der Waals surface area (Å²) in [5, 5.41) is 10.8. The molecule has 1 N–H and O–H groups in total. The van der Waals surface area contributed by atoms with Gasteiger partial charge in [0.15, 0.2) is 0 Å². The van der Waals surface area contributed by atoms with Crippen molar-refractivity contribution in [3.05, 3.63) is 71.0 Å². The molecule has 2 aliphatic rings. The molecule has 4 rings (SSSR count). The summed E-state index contributed by atoms with van der Waals surface area (Å²) in [5.41, 5.74) is 4.73. The monoisotopic (exact) mass is 430 g/mol. The number of aliphatic hydroxyl groups is 1. The van der Waals surface area contributed by atoms with Crippen LogP contribution in [-0.2, 0) is 16.4 Å². The molecule has 30 heavy (non-hydrogen) atoms. The zero-order valence-electron chi connectivity index (χ0n) is 17.3. The number of nitrogens with zero attached hydrogens (tertiary/aromatic N) is 2. The normalized spacial score (nSPS) is 20.7. The van der Waals surface area contributed by atoms with E-state index < -0.39 is 16.1 Å². The summed E-state index contributed by atoms with van der Waals surface area (Å²) in [7, 11) is -3.32. The molecule has 5 nitrogen and oxygen atoms in total. The molecule has 7 heteroatoms. The second-order valence-electron chi connectivity index (χ2n) is 8.26. The quantitative estimate of drug-likeness (QED) is 0.790. The first-order chi connectivity index (χ1) is 14.2. The van der Waals surface area contributed by atoms with Gasteiger partial charge in [0.1, 0.15) is 5.82 Å². The largest absolute Gasteiger partial charge is 0.387 e. The van der Waals surface area contributed by atoms with Crippen LogP contribution in [0.25, 0.3) is 5.57 Å². The molecule has 2 heterocycles. The second-order valence-corrected chi connectivity index (χ2v) is 10.1. The Bertz CT molecular complexity index is 1070. The van der Waals surface area contributed by atoms with Gasteiger partial charge in [0, 0.05) is 25.7 Å². The Morgan fingerprint density at radius 1 is 1.20 bits per heavy atom. The lowest BCUT2D eigenvalue weighted by Gasteiger charge is -2.28. The first-order valence-electron chi connectivity index (χ1n) is 10.2. The molecule has 0 fully saturated rings. The van der Waals surface area contributed by atoms with Gasteiger partial charge in [0.2, 0.25) is 10.0 Å². The fraction of sp³-hybridized carbons (Fsp3) is 0.391. The van der Waals surface area contributed by atoms with Gasteiger partial charge < -0.3 is 5.11 Å². The zero-order chi connectivity index (χ0) is 21.5. The highest BCUT2D eigenvalue weighted by Gasteiger charge is 2.33. The fourth-order valence-corrected chi connectivity index (χ4v) is 5.75. The summed E-state index contributed by atoms with van der Waals surface area (Å²) in [4.78, 5) is 2.19. The summed E-state index contributed by atoms with van der Waals surface area (Å²) >= 11 is 0. The topological polar surface area (TPSA) is 60.9 Å². The Labute approximate surface area is 177 Å². The molecule has 0 amide bonds.